The number of aryl methyl sites for hydroxylation is 1. The van der Waals surface area contributed by atoms with E-state index >= 15 is 0 Å². The monoisotopic (exact) mass is 478 g/mol. The van der Waals surface area contributed by atoms with E-state index in [1.165, 1.54) is 13.2 Å². The maximum Gasteiger partial charge on any atom is 0.262 e. The average molecular weight is 479 g/mol. The zero-order valence-corrected chi connectivity index (χ0v) is 19.1. The molecule has 0 saturated heterocycles. The molecule has 0 fully saturated rings. The third-order valence-electron chi connectivity index (χ3n) is 4.48. The van der Waals surface area contributed by atoms with Gasteiger partial charge < -0.3 is 10.1 Å². The Balaban J connectivity index is 1.81. The summed E-state index contributed by atoms with van der Waals surface area (Å²) in [5, 5.41) is 3.57. The molecule has 0 aliphatic carbocycles. The molecule has 9 heteroatoms. The Bertz CT molecular complexity index is 1230. The van der Waals surface area contributed by atoms with Gasteiger partial charge >= 0.3 is 0 Å². The molecule has 0 atom stereocenters. The lowest BCUT2D eigenvalue weighted by Crippen LogP contribution is -2.17. The smallest absolute Gasteiger partial charge is 0.262 e. The fraction of sp³-hybridized carbons (Fsp3) is 0.136. The number of sulfonamides is 1. The Morgan fingerprint density at radius 3 is 2.48 bits per heavy atom. The van der Waals surface area contributed by atoms with Crippen molar-refractivity contribution in [3.63, 3.8) is 0 Å². The van der Waals surface area contributed by atoms with Gasteiger partial charge in [0, 0.05) is 15.7 Å². The highest BCUT2D eigenvalue weighted by atomic mass is 35.5. The first-order valence-corrected chi connectivity index (χ1v) is 11.4. The van der Waals surface area contributed by atoms with Gasteiger partial charge in [-0.2, -0.15) is 0 Å². The second-order valence-electron chi connectivity index (χ2n) is 6.75. The summed E-state index contributed by atoms with van der Waals surface area (Å²) in [5.41, 5.74) is 1.81. The highest BCUT2D eigenvalue weighted by Crippen LogP contribution is 2.28. The average Bonchev–Trinajstić information content (AvgIpc) is 2.71. The van der Waals surface area contributed by atoms with Crippen molar-refractivity contribution in [2.24, 2.45) is 0 Å². The van der Waals surface area contributed by atoms with Crippen LogP contribution in [0.4, 0.5) is 11.4 Å². The highest BCUT2D eigenvalue weighted by Gasteiger charge is 2.20. The molecule has 31 heavy (non-hydrogen) atoms. The summed E-state index contributed by atoms with van der Waals surface area (Å²) in [6, 6.07) is 16.3. The summed E-state index contributed by atoms with van der Waals surface area (Å²) < 4.78 is 33.7. The van der Waals surface area contributed by atoms with E-state index in [0.29, 0.717) is 38.3 Å². The predicted octanol–water partition coefficient (Wildman–Crippen LogP) is 5.29. The van der Waals surface area contributed by atoms with Gasteiger partial charge in [-0.3, -0.25) is 9.52 Å². The number of benzene rings is 3. The molecule has 0 bridgehead atoms. The van der Waals surface area contributed by atoms with Crippen molar-refractivity contribution in [2.75, 3.05) is 17.1 Å². The second-order valence-corrected chi connectivity index (χ2v) is 9.24. The Morgan fingerprint density at radius 2 is 1.77 bits per heavy atom. The Hall–Kier alpha value is -2.74. The lowest BCUT2D eigenvalue weighted by molar-refractivity contribution is -0.115. The van der Waals surface area contributed by atoms with E-state index in [0.717, 1.165) is 0 Å². The maximum absolute atomic E-state index is 13.0. The van der Waals surface area contributed by atoms with Crippen LogP contribution in [0.1, 0.15) is 11.1 Å². The molecule has 0 heterocycles. The summed E-state index contributed by atoms with van der Waals surface area (Å²) in [6.45, 7) is 1.68. The van der Waals surface area contributed by atoms with Gasteiger partial charge in [-0.1, -0.05) is 47.5 Å². The zero-order chi connectivity index (χ0) is 22.6. The number of ether oxygens (including phenoxy) is 1. The lowest BCUT2D eigenvalue weighted by Gasteiger charge is -2.14. The van der Waals surface area contributed by atoms with Crippen LogP contribution in [-0.4, -0.2) is 21.4 Å². The van der Waals surface area contributed by atoms with E-state index in [1.54, 1.807) is 61.5 Å². The fourth-order valence-electron chi connectivity index (χ4n) is 2.94. The molecule has 0 saturated carbocycles. The van der Waals surface area contributed by atoms with Gasteiger partial charge in [-0.05, 0) is 54.4 Å². The number of hydrogen-bond donors (Lipinski definition) is 2. The van der Waals surface area contributed by atoms with Crippen LogP contribution in [0.5, 0.6) is 5.75 Å². The van der Waals surface area contributed by atoms with Crippen LogP contribution < -0.4 is 14.8 Å². The molecule has 6 nitrogen and oxygen atoms in total. The molecule has 0 aliphatic heterocycles. The van der Waals surface area contributed by atoms with Gasteiger partial charge in [0.25, 0.3) is 10.0 Å². The van der Waals surface area contributed by atoms with Gasteiger partial charge in [-0.15, -0.1) is 0 Å². The number of carbonyl (C=O) groups is 1. The van der Waals surface area contributed by atoms with Crippen LogP contribution in [0.2, 0.25) is 10.0 Å². The first-order chi connectivity index (χ1) is 14.7. The maximum atomic E-state index is 13.0. The third kappa shape index (κ3) is 5.70. The molecule has 0 aromatic heterocycles. The van der Waals surface area contributed by atoms with Crippen LogP contribution in [0.3, 0.4) is 0 Å². The Labute approximate surface area is 191 Å². The standard InChI is InChI=1S/C22H20Cl2N2O4S/c1-14-7-10-17(25-22(27)11-15-8-9-16(23)12-18(15)24)13-21(14)31(28,29)26-19-5-3-4-6-20(19)30-2/h3-10,12-13,26H,11H2,1-2H3,(H,25,27). The number of nitrogens with one attached hydrogen (secondary N) is 2. The van der Waals surface area contributed by atoms with Crippen molar-refractivity contribution in [2.45, 2.75) is 18.2 Å². The molecule has 162 valence electrons. The van der Waals surface area contributed by atoms with Crippen molar-refractivity contribution in [3.8, 4) is 5.75 Å². The Morgan fingerprint density at radius 1 is 1.03 bits per heavy atom. The largest absolute Gasteiger partial charge is 0.495 e. The van der Waals surface area contributed by atoms with Crippen molar-refractivity contribution >= 4 is 50.5 Å². The van der Waals surface area contributed by atoms with Gasteiger partial charge in [0.2, 0.25) is 5.91 Å². The molecule has 3 aromatic carbocycles. The van der Waals surface area contributed by atoms with Crippen LogP contribution >= 0.6 is 23.2 Å². The van der Waals surface area contributed by atoms with E-state index in [1.807, 2.05) is 0 Å². The van der Waals surface area contributed by atoms with Crippen molar-refractivity contribution in [1.82, 2.24) is 0 Å². The fourth-order valence-corrected chi connectivity index (χ4v) is 4.76. The van der Waals surface area contributed by atoms with Gasteiger partial charge in [0.05, 0.1) is 24.1 Å². The third-order valence-corrected chi connectivity index (χ3v) is 6.57. The normalized spacial score (nSPS) is 11.1. The molecule has 0 radical (unpaired) electrons. The molecule has 1 amide bonds. The molecule has 3 aromatic rings. The van der Waals surface area contributed by atoms with Crippen molar-refractivity contribution in [1.29, 1.82) is 0 Å². The second kappa shape index (κ2) is 9.60. The molecular formula is C22H20Cl2N2O4S. The number of anilines is 2. The van der Waals surface area contributed by atoms with E-state index in [9.17, 15) is 13.2 Å². The van der Waals surface area contributed by atoms with E-state index in [2.05, 4.69) is 10.0 Å². The van der Waals surface area contributed by atoms with Crippen molar-refractivity contribution < 1.29 is 17.9 Å². The summed E-state index contributed by atoms with van der Waals surface area (Å²) >= 11 is 12.0. The topological polar surface area (TPSA) is 84.5 Å². The van der Waals surface area contributed by atoms with Gasteiger partial charge in [0.1, 0.15) is 5.75 Å². The molecule has 0 aliphatic rings. The lowest BCUT2D eigenvalue weighted by atomic mass is 10.1. The molecule has 3 rings (SSSR count). The van der Waals surface area contributed by atoms with E-state index in [-0.39, 0.29) is 17.2 Å². The molecule has 0 spiro atoms. The van der Waals surface area contributed by atoms with Gasteiger partial charge in [0.15, 0.2) is 0 Å². The van der Waals surface area contributed by atoms with Crippen LogP contribution in [0.15, 0.2) is 65.6 Å². The number of halogens is 2. The zero-order valence-electron chi connectivity index (χ0n) is 16.8. The first-order valence-electron chi connectivity index (χ1n) is 9.20. The van der Waals surface area contributed by atoms with Crippen LogP contribution in [0, 0.1) is 6.92 Å². The minimum Gasteiger partial charge on any atom is -0.495 e. The number of para-hydroxylation sites is 2. The minimum atomic E-state index is -3.92. The molecular weight excluding hydrogens is 459 g/mol. The van der Waals surface area contributed by atoms with E-state index in [4.69, 9.17) is 27.9 Å². The minimum absolute atomic E-state index is 0.0193. The highest BCUT2D eigenvalue weighted by molar-refractivity contribution is 7.92. The Kier molecular flexibility index (Phi) is 7.10. The summed E-state index contributed by atoms with van der Waals surface area (Å²) in [5.74, 6) is 0.0575. The number of carbonyl (C=O) groups excluding carboxylic acids is 1. The van der Waals surface area contributed by atoms with Crippen molar-refractivity contribution in [3.05, 3.63) is 81.8 Å². The molecule has 2 N–H and O–H groups in total. The number of methoxy groups -OCH3 is 1. The predicted molar refractivity (Wildman–Crippen MR) is 124 cm³/mol. The number of hydrogen-bond acceptors (Lipinski definition) is 4. The van der Waals surface area contributed by atoms with E-state index < -0.39 is 10.0 Å². The number of amides is 1. The summed E-state index contributed by atoms with van der Waals surface area (Å²) in [4.78, 5) is 12.5. The van der Waals surface area contributed by atoms with Crippen LogP contribution in [-0.2, 0) is 21.2 Å². The first kappa shape index (κ1) is 22.9. The van der Waals surface area contributed by atoms with Crippen LogP contribution in [0.25, 0.3) is 0 Å². The molecule has 0 unspecified atom stereocenters. The number of rotatable bonds is 7. The SMILES string of the molecule is COc1ccccc1NS(=O)(=O)c1cc(NC(=O)Cc2ccc(Cl)cc2Cl)ccc1C. The summed E-state index contributed by atoms with van der Waals surface area (Å²) in [7, 11) is -2.46. The van der Waals surface area contributed by atoms with Gasteiger partial charge in [-0.25, -0.2) is 8.42 Å². The summed E-state index contributed by atoms with van der Waals surface area (Å²) in [6.07, 6.45) is 0.0193. The quantitative estimate of drug-likeness (QED) is 0.482.